The second-order valence-electron chi connectivity index (χ2n) is 4.03. The molecule has 0 aliphatic rings. The number of hydrogen-bond acceptors (Lipinski definition) is 2. The normalized spacial score (nSPS) is 11.0. The molecule has 1 heterocycles. The van der Waals surface area contributed by atoms with Gasteiger partial charge in [0.25, 0.3) is 0 Å². The Kier molecular flexibility index (Phi) is 3.18. The number of rotatable bonds is 2. The van der Waals surface area contributed by atoms with Crippen molar-refractivity contribution in [2.24, 2.45) is 0 Å². The first kappa shape index (κ1) is 11.4. The van der Waals surface area contributed by atoms with Crippen LogP contribution in [-0.4, -0.2) is 10.2 Å². The Morgan fingerprint density at radius 2 is 2.00 bits per heavy atom. The minimum absolute atomic E-state index is 0.366. The Hall–Kier alpha value is -1.04. The van der Waals surface area contributed by atoms with Crippen molar-refractivity contribution in [2.75, 3.05) is 5.73 Å². The number of nitrogens with one attached hydrogen (secondary N) is 1. The van der Waals surface area contributed by atoms with Crippen LogP contribution in [0.1, 0.15) is 25.3 Å². The molecule has 2 aromatic rings. The smallest absolute Gasteiger partial charge is 0.149 e. The molecule has 3 N–H and O–H groups in total. The fourth-order valence-corrected chi connectivity index (χ4v) is 2.48. The van der Waals surface area contributed by atoms with E-state index in [1.165, 1.54) is 3.57 Å². The highest BCUT2D eigenvalue weighted by atomic mass is 127. The molecular formula is C12H14IN3. The molecule has 1 aromatic heterocycles. The summed E-state index contributed by atoms with van der Waals surface area (Å²) in [7, 11) is 0. The van der Waals surface area contributed by atoms with Gasteiger partial charge in [-0.15, -0.1) is 0 Å². The van der Waals surface area contributed by atoms with E-state index < -0.39 is 0 Å². The molecule has 1 aromatic carbocycles. The lowest BCUT2D eigenvalue weighted by Crippen LogP contribution is -1.95. The molecule has 0 saturated heterocycles. The number of aromatic nitrogens is 2. The van der Waals surface area contributed by atoms with Crippen LogP contribution in [0.25, 0.3) is 11.3 Å². The molecule has 0 radical (unpaired) electrons. The summed E-state index contributed by atoms with van der Waals surface area (Å²) in [6.07, 6.45) is 0. The lowest BCUT2D eigenvalue weighted by Gasteiger charge is -2.08. The predicted octanol–water partition coefficient (Wildman–Crippen LogP) is 3.39. The monoisotopic (exact) mass is 327 g/mol. The summed E-state index contributed by atoms with van der Waals surface area (Å²) in [6, 6.07) is 8.22. The molecule has 2 rings (SSSR count). The third-order valence-electron chi connectivity index (χ3n) is 2.55. The molecule has 0 aliphatic heterocycles. The Morgan fingerprint density at radius 3 is 2.62 bits per heavy atom. The number of hydrogen-bond donors (Lipinski definition) is 2. The average Bonchev–Trinajstić information content (AvgIpc) is 2.61. The number of benzene rings is 1. The third kappa shape index (κ3) is 1.93. The van der Waals surface area contributed by atoms with Gasteiger partial charge >= 0.3 is 0 Å². The molecule has 0 saturated carbocycles. The van der Waals surface area contributed by atoms with Crippen molar-refractivity contribution in [2.45, 2.75) is 19.8 Å². The molecule has 0 atom stereocenters. The Bertz CT molecular complexity index is 503. The molecule has 0 fully saturated rings. The molecule has 0 spiro atoms. The van der Waals surface area contributed by atoms with Crippen LogP contribution in [0, 0.1) is 3.57 Å². The summed E-state index contributed by atoms with van der Waals surface area (Å²) < 4.78 is 1.20. The first-order chi connectivity index (χ1) is 7.61. The zero-order valence-corrected chi connectivity index (χ0v) is 11.4. The van der Waals surface area contributed by atoms with E-state index in [9.17, 15) is 0 Å². The van der Waals surface area contributed by atoms with Crippen LogP contribution in [-0.2, 0) is 0 Å². The standard InChI is InChI=1S/C12H14IN3/c1-7(2)10-11(15-16-12(10)14)8-5-3-4-6-9(8)13/h3-7H,1-2H3,(H3,14,15,16). The topological polar surface area (TPSA) is 54.7 Å². The first-order valence-corrected chi connectivity index (χ1v) is 6.27. The molecule has 0 unspecified atom stereocenters. The van der Waals surface area contributed by atoms with E-state index >= 15 is 0 Å². The maximum atomic E-state index is 5.88. The molecule has 0 bridgehead atoms. The highest BCUT2D eigenvalue weighted by Crippen LogP contribution is 2.33. The minimum atomic E-state index is 0.366. The molecule has 16 heavy (non-hydrogen) atoms. The number of anilines is 1. The van der Waals surface area contributed by atoms with E-state index in [-0.39, 0.29) is 0 Å². The highest BCUT2D eigenvalue weighted by molar-refractivity contribution is 14.1. The van der Waals surface area contributed by atoms with Crippen LogP contribution >= 0.6 is 22.6 Å². The van der Waals surface area contributed by atoms with Gasteiger partial charge in [-0.05, 0) is 34.6 Å². The maximum Gasteiger partial charge on any atom is 0.149 e. The van der Waals surface area contributed by atoms with Crippen molar-refractivity contribution < 1.29 is 0 Å². The van der Waals surface area contributed by atoms with Crippen LogP contribution in [0.5, 0.6) is 0 Å². The van der Waals surface area contributed by atoms with Gasteiger partial charge in [0.05, 0.1) is 5.69 Å². The summed E-state index contributed by atoms with van der Waals surface area (Å²) >= 11 is 2.32. The number of nitrogens with two attached hydrogens (primary N) is 1. The molecule has 84 valence electrons. The van der Waals surface area contributed by atoms with Gasteiger partial charge in [0, 0.05) is 14.7 Å². The minimum Gasteiger partial charge on any atom is -0.382 e. The van der Waals surface area contributed by atoms with Gasteiger partial charge in [-0.3, -0.25) is 5.10 Å². The number of halogens is 1. The van der Waals surface area contributed by atoms with Gasteiger partial charge in [-0.1, -0.05) is 32.0 Å². The van der Waals surface area contributed by atoms with Crippen LogP contribution in [0.3, 0.4) is 0 Å². The number of H-pyrrole nitrogens is 1. The zero-order chi connectivity index (χ0) is 11.7. The largest absolute Gasteiger partial charge is 0.382 e. The highest BCUT2D eigenvalue weighted by Gasteiger charge is 2.16. The summed E-state index contributed by atoms with van der Waals surface area (Å²) in [5.74, 6) is 0.967. The van der Waals surface area contributed by atoms with E-state index in [1.54, 1.807) is 0 Å². The number of nitrogens with zero attached hydrogens (tertiary/aromatic N) is 1. The summed E-state index contributed by atoms with van der Waals surface area (Å²) in [5.41, 5.74) is 9.19. The van der Waals surface area contributed by atoms with E-state index in [4.69, 9.17) is 5.73 Å². The fourth-order valence-electron chi connectivity index (χ4n) is 1.82. The summed E-state index contributed by atoms with van der Waals surface area (Å²) in [5, 5.41) is 7.14. The van der Waals surface area contributed by atoms with E-state index in [0.29, 0.717) is 11.7 Å². The van der Waals surface area contributed by atoms with Crippen LogP contribution in [0.4, 0.5) is 5.82 Å². The average molecular weight is 327 g/mol. The zero-order valence-electron chi connectivity index (χ0n) is 9.29. The Morgan fingerprint density at radius 1 is 1.31 bits per heavy atom. The van der Waals surface area contributed by atoms with Crippen molar-refractivity contribution in [3.8, 4) is 11.3 Å². The second kappa shape index (κ2) is 4.45. The van der Waals surface area contributed by atoms with Crippen molar-refractivity contribution in [3.05, 3.63) is 33.4 Å². The van der Waals surface area contributed by atoms with E-state index in [0.717, 1.165) is 16.8 Å². The number of nitrogen functional groups attached to an aromatic ring is 1. The van der Waals surface area contributed by atoms with Crippen molar-refractivity contribution in [1.29, 1.82) is 0 Å². The van der Waals surface area contributed by atoms with E-state index in [1.807, 2.05) is 12.1 Å². The summed E-state index contributed by atoms with van der Waals surface area (Å²) in [6.45, 7) is 4.25. The second-order valence-corrected chi connectivity index (χ2v) is 5.19. The third-order valence-corrected chi connectivity index (χ3v) is 3.49. The van der Waals surface area contributed by atoms with Crippen LogP contribution in [0.15, 0.2) is 24.3 Å². The van der Waals surface area contributed by atoms with E-state index in [2.05, 4.69) is 58.8 Å². The van der Waals surface area contributed by atoms with Gasteiger partial charge in [0.2, 0.25) is 0 Å². The molecule has 3 nitrogen and oxygen atoms in total. The van der Waals surface area contributed by atoms with Gasteiger partial charge in [0.15, 0.2) is 0 Å². The lowest BCUT2D eigenvalue weighted by molar-refractivity contribution is 0.873. The van der Waals surface area contributed by atoms with Crippen LogP contribution < -0.4 is 5.73 Å². The van der Waals surface area contributed by atoms with Gasteiger partial charge in [0.1, 0.15) is 5.82 Å². The lowest BCUT2D eigenvalue weighted by atomic mass is 9.99. The quantitative estimate of drug-likeness (QED) is 0.831. The Balaban J connectivity index is 2.61. The van der Waals surface area contributed by atoms with Gasteiger partial charge < -0.3 is 5.73 Å². The van der Waals surface area contributed by atoms with Crippen molar-refractivity contribution in [3.63, 3.8) is 0 Å². The van der Waals surface area contributed by atoms with Crippen LogP contribution in [0.2, 0.25) is 0 Å². The molecular weight excluding hydrogens is 313 g/mol. The molecule has 0 aliphatic carbocycles. The molecule has 0 amide bonds. The van der Waals surface area contributed by atoms with Gasteiger partial charge in [-0.2, -0.15) is 5.10 Å². The summed E-state index contributed by atoms with van der Waals surface area (Å²) in [4.78, 5) is 0. The Labute approximate surface area is 109 Å². The van der Waals surface area contributed by atoms with Crippen molar-refractivity contribution in [1.82, 2.24) is 10.2 Å². The SMILES string of the molecule is CC(C)c1c(N)n[nH]c1-c1ccccc1I. The number of aromatic amines is 1. The predicted molar refractivity (Wildman–Crippen MR) is 75.2 cm³/mol. The first-order valence-electron chi connectivity index (χ1n) is 5.20. The van der Waals surface area contributed by atoms with Crippen molar-refractivity contribution >= 4 is 28.4 Å². The molecule has 4 heteroatoms. The maximum absolute atomic E-state index is 5.88. The fraction of sp³-hybridized carbons (Fsp3) is 0.250. The van der Waals surface area contributed by atoms with Gasteiger partial charge in [-0.25, -0.2) is 0 Å².